The van der Waals surface area contributed by atoms with Crippen LogP contribution in [0.5, 0.6) is 0 Å². The van der Waals surface area contributed by atoms with Gasteiger partial charge in [0.15, 0.2) is 0 Å². The average Bonchev–Trinajstić information content (AvgIpc) is 2.83. The van der Waals surface area contributed by atoms with Crippen LogP contribution in [-0.2, 0) is 22.6 Å². The molecule has 0 spiro atoms. The van der Waals surface area contributed by atoms with Crippen molar-refractivity contribution in [2.75, 3.05) is 63.9 Å². The van der Waals surface area contributed by atoms with Crippen molar-refractivity contribution in [1.29, 1.82) is 0 Å². The number of hydrogen-bond donors (Lipinski definition) is 0. The molecule has 0 atom stereocenters. The van der Waals surface area contributed by atoms with Crippen LogP contribution in [-0.4, -0.2) is 84.7 Å². The van der Waals surface area contributed by atoms with Gasteiger partial charge in [-0.3, -0.25) is 9.69 Å². The summed E-state index contributed by atoms with van der Waals surface area (Å²) < 4.78 is 12.3. The molecule has 2 aliphatic heterocycles. The topological polar surface area (TPSA) is 80.1 Å². The molecule has 1 amide bonds. The normalized spacial score (nSPS) is 17.5. The maximum absolute atomic E-state index is 12.4. The van der Waals surface area contributed by atoms with E-state index in [0.717, 1.165) is 44.2 Å². The summed E-state index contributed by atoms with van der Waals surface area (Å²) in [5.74, 6) is 0.763. The number of anilines is 1. The standard InChI is InChI=1S/C22H29N5O4/c28-21-7-6-20(23-27(21)13-8-24-14-16-30-17-15-24)25-9-11-26(12-10-25)22(29)31-18-19-4-2-1-3-5-19/h1-7H,8-18H2. The number of benzene rings is 1. The van der Waals surface area contributed by atoms with E-state index in [2.05, 4.69) is 14.9 Å². The third-order valence-corrected chi connectivity index (χ3v) is 5.65. The monoisotopic (exact) mass is 427 g/mol. The third kappa shape index (κ3) is 5.83. The Hall–Kier alpha value is -2.91. The Labute approximate surface area is 181 Å². The first-order valence-corrected chi connectivity index (χ1v) is 10.8. The van der Waals surface area contributed by atoms with Crippen LogP contribution >= 0.6 is 0 Å². The zero-order valence-electron chi connectivity index (χ0n) is 17.7. The summed E-state index contributed by atoms with van der Waals surface area (Å²) in [5, 5.41) is 4.56. The van der Waals surface area contributed by atoms with Crippen molar-refractivity contribution in [2.45, 2.75) is 13.2 Å². The molecular formula is C22H29N5O4. The maximum atomic E-state index is 12.4. The second kappa shape index (κ2) is 10.4. The van der Waals surface area contributed by atoms with Crippen molar-refractivity contribution in [3.05, 3.63) is 58.4 Å². The third-order valence-electron chi connectivity index (χ3n) is 5.65. The summed E-state index contributed by atoms with van der Waals surface area (Å²) in [5.41, 5.74) is 0.873. The van der Waals surface area contributed by atoms with Crippen molar-refractivity contribution in [3.63, 3.8) is 0 Å². The fraction of sp³-hybridized carbons (Fsp3) is 0.500. The second-order valence-electron chi connectivity index (χ2n) is 7.72. The first-order valence-electron chi connectivity index (χ1n) is 10.8. The van der Waals surface area contributed by atoms with Crippen LogP contribution in [0.15, 0.2) is 47.3 Å². The van der Waals surface area contributed by atoms with E-state index >= 15 is 0 Å². The largest absolute Gasteiger partial charge is 0.445 e. The number of rotatable bonds is 6. The number of morpholine rings is 1. The van der Waals surface area contributed by atoms with E-state index < -0.39 is 0 Å². The zero-order chi connectivity index (χ0) is 21.5. The van der Waals surface area contributed by atoms with Gasteiger partial charge < -0.3 is 19.3 Å². The van der Waals surface area contributed by atoms with Crippen molar-refractivity contribution in [1.82, 2.24) is 19.6 Å². The number of ether oxygens (including phenoxy) is 2. The molecule has 3 heterocycles. The van der Waals surface area contributed by atoms with Gasteiger partial charge in [0.25, 0.3) is 5.56 Å². The van der Waals surface area contributed by atoms with Gasteiger partial charge in [0.05, 0.1) is 19.8 Å². The van der Waals surface area contributed by atoms with Crippen molar-refractivity contribution in [3.8, 4) is 0 Å². The number of hydrogen-bond acceptors (Lipinski definition) is 7. The van der Waals surface area contributed by atoms with E-state index in [4.69, 9.17) is 9.47 Å². The highest BCUT2D eigenvalue weighted by Gasteiger charge is 2.23. The Bertz CT molecular complexity index is 906. The number of carbonyl (C=O) groups is 1. The summed E-state index contributed by atoms with van der Waals surface area (Å²) >= 11 is 0. The summed E-state index contributed by atoms with van der Waals surface area (Å²) in [6.45, 7) is 7.26. The molecule has 0 radical (unpaired) electrons. The van der Waals surface area contributed by atoms with Gasteiger partial charge in [0.1, 0.15) is 12.4 Å². The summed E-state index contributed by atoms with van der Waals surface area (Å²) in [6.07, 6.45) is -0.299. The Kier molecular flexibility index (Phi) is 7.16. The number of amides is 1. The lowest BCUT2D eigenvalue weighted by molar-refractivity contribution is 0.0358. The first-order chi connectivity index (χ1) is 15.2. The molecule has 1 aromatic heterocycles. The van der Waals surface area contributed by atoms with E-state index in [1.165, 1.54) is 4.68 Å². The minimum atomic E-state index is -0.299. The van der Waals surface area contributed by atoms with E-state index in [9.17, 15) is 9.59 Å². The molecule has 2 aromatic rings. The molecule has 2 aliphatic rings. The zero-order valence-corrected chi connectivity index (χ0v) is 17.7. The molecule has 2 fully saturated rings. The molecule has 0 aliphatic carbocycles. The minimum Gasteiger partial charge on any atom is -0.445 e. The lowest BCUT2D eigenvalue weighted by atomic mass is 10.2. The quantitative estimate of drug-likeness (QED) is 0.681. The smallest absolute Gasteiger partial charge is 0.410 e. The highest BCUT2D eigenvalue weighted by Crippen LogP contribution is 2.13. The van der Waals surface area contributed by atoms with Gasteiger partial charge in [-0.15, -0.1) is 0 Å². The number of nitrogens with zero attached hydrogens (tertiary/aromatic N) is 5. The Morgan fingerprint density at radius 2 is 1.68 bits per heavy atom. The molecule has 166 valence electrons. The Morgan fingerprint density at radius 3 is 2.42 bits per heavy atom. The van der Waals surface area contributed by atoms with Crippen molar-refractivity contribution < 1.29 is 14.3 Å². The van der Waals surface area contributed by atoms with Gasteiger partial charge in [-0.05, 0) is 11.6 Å². The summed E-state index contributed by atoms with van der Waals surface area (Å²) in [4.78, 5) is 30.7. The van der Waals surface area contributed by atoms with E-state index in [-0.39, 0.29) is 18.3 Å². The van der Waals surface area contributed by atoms with E-state index in [1.807, 2.05) is 30.3 Å². The fourth-order valence-corrected chi connectivity index (χ4v) is 3.76. The van der Waals surface area contributed by atoms with Crippen LogP contribution in [0.25, 0.3) is 0 Å². The SMILES string of the molecule is O=C(OCc1ccccc1)N1CCN(c2ccc(=O)n(CCN3CCOCC3)n2)CC1. The van der Waals surface area contributed by atoms with Gasteiger partial charge in [0.2, 0.25) is 0 Å². The van der Waals surface area contributed by atoms with E-state index in [0.29, 0.717) is 32.7 Å². The van der Waals surface area contributed by atoms with Crippen LogP contribution in [0.4, 0.5) is 10.6 Å². The molecule has 9 heteroatoms. The molecule has 31 heavy (non-hydrogen) atoms. The lowest BCUT2D eigenvalue weighted by Crippen LogP contribution is -2.49. The summed E-state index contributed by atoms with van der Waals surface area (Å²) in [6, 6.07) is 13.0. The number of carbonyl (C=O) groups excluding carboxylic acids is 1. The molecule has 0 bridgehead atoms. The van der Waals surface area contributed by atoms with Crippen LogP contribution < -0.4 is 10.5 Å². The molecule has 0 unspecified atom stereocenters. The van der Waals surface area contributed by atoms with Gasteiger partial charge >= 0.3 is 6.09 Å². The summed E-state index contributed by atoms with van der Waals surface area (Å²) in [7, 11) is 0. The maximum Gasteiger partial charge on any atom is 0.410 e. The van der Waals surface area contributed by atoms with Gasteiger partial charge in [-0.25, -0.2) is 9.48 Å². The lowest BCUT2D eigenvalue weighted by Gasteiger charge is -2.34. The molecule has 2 saturated heterocycles. The van der Waals surface area contributed by atoms with Crippen molar-refractivity contribution in [2.24, 2.45) is 0 Å². The van der Waals surface area contributed by atoms with Gasteiger partial charge in [-0.2, -0.15) is 5.10 Å². The fourth-order valence-electron chi connectivity index (χ4n) is 3.76. The molecule has 0 saturated carbocycles. The molecular weight excluding hydrogens is 398 g/mol. The van der Waals surface area contributed by atoms with Crippen LogP contribution in [0.2, 0.25) is 0 Å². The highest BCUT2D eigenvalue weighted by molar-refractivity contribution is 5.68. The molecule has 1 aromatic carbocycles. The average molecular weight is 428 g/mol. The van der Waals surface area contributed by atoms with Crippen LogP contribution in [0, 0.1) is 0 Å². The number of aromatic nitrogens is 2. The Balaban J connectivity index is 1.28. The Morgan fingerprint density at radius 1 is 0.935 bits per heavy atom. The van der Waals surface area contributed by atoms with Gasteiger partial charge in [-0.1, -0.05) is 30.3 Å². The predicted octanol–water partition coefficient (Wildman–Crippen LogP) is 1.03. The van der Waals surface area contributed by atoms with E-state index in [1.54, 1.807) is 17.0 Å². The van der Waals surface area contributed by atoms with Crippen molar-refractivity contribution >= 4 is 11.9 Å². The van der Waals surface area contributed by atoms with Crippen LogP contribution in [0.3, 0.4) is 0 Å². The number of piperazine rings is 1. The second-order valence-corrected chi connectivity index (χ2v) is 7.72. The molecule has 9 nitrogen and oxygen atoms in total. The first kappa shape index (κ1) is 21.3. The molecule has 4 rings (SSSR count). The molecule has 0 N–H and O–H groups in total. The minimum absolute atomic E-state index is 0.0971. The van der Waals surface area contributed by atoms with Crippen LogP contribution in [0.1, 0.15) is 5.56 Å². The highest BCUT2D eigenvalue weighted by atomic mass is 16.6. The van der Waals surface area contributed by atoms with Gasteiger partial charge in [0, 0.05) is 51.9 Å². The predicted molar refractivity (Wildman–Crippen MR) is 116 cm³/mol.